The van der Waals surface area contributed by atoms with Crippen LogP contribution in [0.2, 0.25) is 0 Å². The third kappa shape index (κ3) is 3.62. The Morgan fingerprint density at radius 2 is 1.82 bits per heavy atom. The van der Waals surface area contributed by atoms with Crippen molar-refractivity contribution in [3.63, 3.8) is 0 Å². The van der Waals surface area contributed by atoms with Crippen LogP contribution in [0.15, 0.2) is 62.8 Å². The first-order valence-electron chi connectivity index (χ1n) is 5.92. The minimum Gasteiger partial charge on any atom is -0.397 e. The van der Waals surface area contributed by atoms with Gasteiger partial charge < -0.3 is 5.73 Å². The molecule has 2 aromatic carbocycles. The van der Waals surface area contributed by atoms with Crippen LogP contribution in [0.3, 0.4) is 0 Å². The molecule has 0 unspecified atom stereocenters. The van der Waals surface area contributed by atoms with Crippen molar-refractivity contribution >= 4 is 32.9 Å². The van der Waals surface area contributed by atoms with Gasteiger partial charge in [-0.3, -0.25) is 9.98 Å². The number of hydrogen-bond acceptors (Lipinski definition) is 7. The zero-order chi connectivity index (χ0) is 16.2. The lowest BCUT2D eigenvalue weighted by Crippen LogP contribution is -2.03. The summed E-state index contributed by atoms with van der Waals surface area (Å²) in [5.41, 5.74) is 15.2. The Kier molecular flexibility index (Phi) is 4.44. The van der Waals surface area contributed by atoms with E-state index in [1.165, 1.54) is 6.07 Å². The molecule has 5 N–H and O–H groups in total. The van der Waals surface area contributed by atoms with E-state index >= 15 is 0 Å². The highest BCUT2D eigenvalue weighted by Crippen LogP contribution is 2.33. The lowest BCUT2D eigenvalue weighted by molar-refractivity contribution is 0.483. The normalized spacial score (nSPS) is 11.5. The van der Waals surface area contributed by atoms with Crippen LogP contribution in [-0.4, -0.2) is 13.0 Å². The molecule has 114 valence electrons. The number of hydrogen-bond donors (Lipinski definition) is 4. The molecule has 0 fully saturated rings. The number of nitrogens with one attached hydrogen (secondary N) is 2. The van der Waals surface area contributed by atoms with Gasteiger partial charge in [0.2, 0.25) is 0 Å². The van der Waals surface area contributed by atoms with E-state index in [0.29, 0.717) is 5.69 Å². The fraction of sp³-hybridized carbons (Fsp3) is 0. The van der Waals surface area contributed by atoms with Gasteiger partial charge in [0.15, 0.2) is 0 Å². The van der Waals surface area contributed by atoms with Crippen molar-refractivity contribution in [3.05, 3.63) is 42.5 Å². The summed E-state index contributed by atoms with van der Waals surface area (Å²) in [6, 6.07) is 11.0. The molecule has 10 heteroatoms. The Morgan fingerprint density at radius 3 is 2.41 bits per heavy atom. The quantitative estimate of drug-likeness (QED) is 0.288. The molecule has 0 saturated heterocycles. The molecule has 2 rings (SSSR count). The van der Waals surface area contributed by atoms with E-state index in [4.69, 9.17) is 11.3 Å². The molecule has 2 aromatic rings. The van der Waals surface area contributed by atoms with E-state index < -0.39 is 15.0 Å². The minimum absolute atomic E-state index is 0.0620. The summed E-state index contributed by atoms with van der Waals surface area (Å²) < 4.78 is 31.9. The lowest BCUT2D eigenvalue weighted by atomic mass is 10.2. The topological polar surface area (TPSA) is 153 Å². The summed E-state index contributed by atoms with van der Waals surface area (Å²) >= 11 is 0. The second-order valence-electron chi connectivity index (χ2n) is 4.14. The Balaban J connectivity index is 2.49. The highest BCUT2D eigenvalue weighted by atomic mass is 32.2. The van der Waals surface area contributed by atoms with Crippen molar-refractivity contribution in [2.24, 2.45) is 15.5 Å². The Hall–Kier alpha value is -2.85. The first-order chi connectivity index (χ1) is 10.4. The van der Waals surface area contributed by atoms with Gasteiger partial charge in [-0.05, 0) is 24.3 Å². The van der Waals surface area contributed by atoms with E-state index in [1.54, 1.807) is 24.3 Å². The van der Waals surface area contributed by atoms with Crippen molar-refractivity contribution < 1.29 is 13.0 Å². The molecule has 0 heterocycles. The fourth-order valence-electron chi connectivity index (χ4n) is 1.64. The van der Waals surface area contributed by atoms with Gasteiger partial charge in [-0.25, -0.2) is 0 Å². The van der Waals surface area contributed by atoms with Gasteiger partial charge in [0, 0.05) is 0 Å². The molecule has 0 atom stereocenters. The third-order valence-corrected chi connectivity index (χ3v) is 3.51. The number of nitrogens with two attached hydrogens (primary N) is 1. The maximum atomic E-state index is 11.4. The largest absolute Gasteiger partial charge is 0.397 e. The van der Waals surface area contributed by atoms with E-state index in [9.17, 15) is 13.0 Å². The molecule has 0 spiro atoms. The highest BCUT2D eigenvalue weighted by Gasteiger charge is 2.18. The Bertz CT molecular complexity index is 820. The first-order valence-corrected chi connectivity index (χ1v) is 7.36. The van der Waals surface area contributed by atoms with Crippen LogP contribution in [-0.2, 0) is 10.1 Å². The van der Waals surface area contributed by atoms with Crippen molar-refractivity contribution in [1.29, 1.82) is 5.53 Å². The molecular weight excluding hydrogens is 308 g/mol. The number of rotatable bonds is 5. The van der Waals surface area contributed by atoms with E-state index in [2.05, 4.69) is 20.9 Å². The standard InChI is InChI=1S/C12H12N6O3S/c13-9-6-11(17-18-14)12(22(19,20)21)7-10(9)16-15-8-4-2-1-3-5-8/h1-7H,13H2,(H2,14,17)(H,19,20,21)/b16-15+. The second kappa shape index (κ2) is 6.28. The number of azo groups is 1. The molecule has 0 bridgehead atoms. The zero-order valence-electron chi connectivity index (χ0n) is 11.1. The molecular formula is C12H12N6O3S. The van der Waals surface area contributed by atoms with Gasteiger partial charge >= 0.3 is 0 Å². The maximum Gasteiger partial charge on any atom is 0.296 e. The predicted octanol–water partition coefficient (Wildman–Crippen LogP) is 3.29. The minimum atomic E-state index is -4.54. The van der Waals surface area contributed by atoms with Gasteiger partial charge in [-0.15, -0.1) is 5.11 Å². The molecule has 0 aliphatic rings. The average molecular weight is 320 g/mol. The molecule has 0 aromatic heterocycles. The smallest absolute Gasteiger partial charge is 0.296 e. The van der Waals surface area contributed by atoms with Gasteiger partial charge in [0.1, 0.15) is 10.6 Å². The average Bonchev–Trinajstić information content (AvgIpc) is 2.46. The Morgan fingerprint density at radius 1 is 1.14 bits per heavy atom. The molecule has 0 aliphatic heterocycles. The lowest BCUT2D eigenvalue weighted by Gasteiger charge is -2.08. The monoisotopic (exact) mass is 320 g/mol. The van der Waals surface area contributed by atoms with Crippen molar-refractivity contribution in [1.82, 2.24) is 0 Å². The zero-order valence-corrected chi connectivity index (χ0v) is 11.9. The molecule has 22 heavy (non-hydrogen) atoms. The Labute approximate surface area is 126 Å². The summed E-state index contributed by atoms with van der Waals surface area (Å²) in [6.07, 6.45) is 0. The summed E-state index contributed by atoms with van der Waals surface area (Å²) in [5.74, 6) is 0. The molecule has 0 saturated carbocycles. The fourth-order valence-corrected chi connectivity index (χ4v) is 2.28. The van der Waals surface area contributed by atoms with Crippen LogP contribution in [0.1, 0.15) is 0 Å². The molecule has 9 nitrogen and oxygen atoms in total. The van der Waals surface area contributed by atoms with Crippen LogP contribution in [0, 0.1) is 5.53 Å². The van der Waals surface area contributed by atoms with Crippen LogP contribution in [0.4, 0.5) is 22.7 Å². The number of benzene rings is 2. The molecule has 0 radical (unpaired) electrons. The van der Waals surface area contributed by atoms with Gasteiger partial charge in [0.25, 0.3) is 10.1 Å². The van der Waals surface area contributed by atoms with Crippen LogP contribution in [0.5, 0.6) is 0 Å². The third-order valence-electron chi connectivity index (χ3n) is 2.61. The number of nitrogen functional groups attached to an aromatic ring is 1. The predicted molar refractivity (Wildman–Crippen MR) is 80.1 cm³/mol. The van der Waals surface area contributed by atoms with E-state index in [0.717, 1.165) is 6.07 Å². The van der Waals surface area contributed by atoms with Gasteiger partial charge in [-0.2, -0.15) is 19.1 Å². The van der Waals surface area contributed by atoms with E-state index in [-0.39, 0.29) is 17.1 Å². The van der Waals surface area contributed by atoms with Crippen molar-refractivity contribution in [2.45, 2.75) is 4.90 Å². The molecule has 0 aliphatic carbocycles. The highest BCUT2D eigenvalue weighted by molar-refractivity contribution is 7.86. The van der Waals surface area contributed by atoms with Crippen LogP contribution < -0.4 is 11.2 Å². The summed E-state index contributed by atoms with van der Waals surface area (Å²) in [5, 5.41) is 10.7. The summed E-state index contributed by atoms with van der Waals surface area (Å²) in [7, 11) is -4.54. The first kappa shape index (κ1) is 15.5. The van der Waals surface area contributed by atoms with Crippen molar-refractivity contribution in [3.8, 4) is 0 Å². The number of nitrogens with zero attached hydrogens (tertiary/aromatic N) is 3. The summed E-state index contributed by atoms with van der Waals surface area (Å²) in [4.78, 5) is -0.500. The molecule has 0 amide bonds. The van der Waals surface area contributed by atoms with Crippen LogP contribution >= 0.6 is 0 Å². The van der Waals surface area contributed by atoms with Crippen LogP contribution in [0.25, 0.3) is 0 Å². The SMILES string of the molecule is N=NNc1cc(N)c(/N=N/c2ccccc2)cc1S(=O)(=O)O. The van der Waals surface area contributed by atoms with Crippen molar-refractivity contribution in [2.75, 3.05) is 11.2 Å². The van der Waals surface area contributed by atoms with E-state index in [1.807, 2.05) is 6.07 Å². The summed E-state index contributed by atoms with van der Waals surface area (Å²) in [6.45, 7) is 0. The van der Waals surface area contributed by atoms with Gasteiger partial charge in [0.05, 0.1) is 17.1 Å². The number of anilines is 2. The van der Waals surface area contributed by atoms with Gasteiger partial charge in [-0.1, -0.05) is 23.4 Å². The second-order valence-corrected chi connectivity index (χ2v) is 5.53. The maximum absolute atomic E-state index is 11.4.